The smallest absolute Gasteiger partial charge is 0.252 e. The van der Waals surface area contributed by atoms with Gasteiger partial charge in [-0.2, -0.15) is 0 Å². The summed E-state index contributed by atoms with van der Waals surface area (Å²) in [5, 5.41) is 3.13. The number of nitrogens with one attached hydrogen (secondary N) is 1. The van der Waals surface area contributed by atoms with Crippen molar-refractivity contribution in [3.63, 3.8) is 0 Å². The van der Waals surface area contributed by atoms with Gasteiger partial charge in [0.2, 0.25) is 0 Å². The second-order valence-electron chi connectivity index (χ2n) is 5.37. The van der Waals surface area contributed by atoms with Gasteiger partial charge < -0.3 is 15.0 Å². The Morgan fingerprint density at radius 1 is 1.50 bits per heavy atom. The van der Waals surface area contributed by atoms with E-state index < -0.39 is 0 Å². The summed E-state index contributed by atoms with van der Waals surface area (Å²) in [6.45, 7) is 3.21. The van der Waals surface area contributed by atoms with Gasteiger partial charge in [0, 0.05) is 23.1 Å². The van der Waals surface area contributed by atoms with Crippen molar-refractivity contribution in [1.29, 1.82) is 0 Å². The number of rotatable bonds is 3. The number of carbonyl (C=O) groups is 1. The van der Waals surface area contributed by atoms with E-state index in [9.17, 15) is 4.79 Å². The molecule has 0 bridgehead atoms. The second kappa shape index (κ2) is 6.59. The fourth-order valence-corrected chi connectivity index (χ4v) is 2.92. The number of halogens is 1. The van der Waals surface area contributed by atoms with Gasteiger partial charge in [0.05, 0.1) is 12.7 Å². The second-order valence-corrected chi connectivity index (χ2v) is 6.22. The maximum Gasteiger partial charge on any atom is 0.252 e. The Hall–Kier alpha value is -1.07. The third kappa shape index (κ3) is 3.52. The Bertz CT molecular complexity index is 493. The molecule has 0 aromatic heterocycles. The van der Waals surface area contributed by atoms with Crippen LogP contribution in [0.25, 0.3) is 0 Å². The number of benzene rings is 1. The van der Waals surface area contributed by atoms with Gasteiger partial charge in [-0.1, -0.05) is 0 Å². The van der Waals surface area contributed by atoms with E-state index in [1.807, 2.05) is 12.1 Å². The molecule has 1 amide bonds. The van der Waals surface area contributed by atoms with E-state index in [1.54, 1.807) is 13.2 Å². The number of methoxy groups -OCH3 is 1. The van der Waals surface area contributed by atoms with Gasteiger partial charge in [0.1, 0.15) is 5.75 Å². The lowest BCUT2D eigenvalue weighted by atomic mass is 9.98. The minimum atomic E-state index is -0.0440. The fraction of sp³-hybridized carbons (Fsp3) is 0.533. The molecule has 1 aromatic rings. The van der Waals surface area contributed by atoms with E-state index in [4.69, 9.17) is 4.74 Å². The van der Waals surface area contributed by atoms with Crippen LogP contribution in [0, 0.1) is 0 Å². The lowest BCUT2D eigenvalue weighted by molar-refractivity contribution is 0.0895. The first-order valence-electron chi connectivity index (χ1n) is 6.86. The van der Waals surface area contributed by atoms with Crippen molar-refractivity contribution < 1.29 is 9.53 Å². The molecule has 0 aliphatic carbocycles. The molecular weight excluding hydrogens is 320 g/mol. The standard InChI is InChI=1S/C15H21BrN2O2/c1-10-8-11(6-7-18(10)2)17-15(19)13-9-12(20-3)4-5-14(13)16/h4-5,9-11H,6-8H2,1-3H3,(H,17,19). The summed E-state index contributed by atoms with van der Waals surface area (Å²) in [7, 11) is 3.73. The molecule has 1 aliphatic rings. The molecule has 1 aromatic carbocycles. The summed E-state index contributed by atoms with van der Waals surface area (Å²) < 4.78 is 5.96. The highest BCUT2D eigenvalue weighted by Crippen LogP contribution is 2.23. The third-order valence-electron chi connectivity index (χ3n) is 3.96. The molecule has 0 saturated carbocycles. The molecule has 1 heterocycles. The number of piperidine rings is 1. The van der Waals surface area contributed by atoms with Gasteiger partial charge >= 0.3 is 0 Å². The zero-order valence-corrected chi connectivity index (χ0v) is 13.7. The number of nitrogens with zero attached hydrogens (tertiary/aromatic N) is 1. The molecular formula is C15H21BrN2O2. The lowest BCUT2D eigenvalue weighted by Crippen LogP contribution is -2.47. The largest absolute Gasteiger partial charge is 0.497 e. The SMILES string of the molecule is COc1ccc(Br)c(C(=O)NC2CCN(C)C(C)C2)c1. The first kappa shape index (κ1) is 15.3. The average Bonchev–Trinajstić information content (AvgIpc) is 2.43. The van der Waals surface area contributed by atoms with Gasteiger partial charge in [-0.15, -0.1) is 0 Å². The Balaban J connectivity index is 2.05. The molecule has 1 saturated heterocycles. The predicted octanol–water partition coefficient (Wildman–Crippen LogP) is 2.67. The van der Waals surface area contributed by atoms with Gasteiger partial charge in [0.25, 0.3) is 5.91 Å². The molecule has 20 heavy (non-hydrogen) atoms. The van der Waals surface area contributed by atoms with E-state index in [2.05, 4.69) is 40.1 Å². The van der Waals surface area contributed by atoms with E-state index >= 15 is 0 Å². The van der Waals surface area contributed by atoms with Crippen LogP contribution in [0.4, 0.5) is 0 Å². The number of carbonyl (C=O) groups excluding carboxylic acids is 1. The van der Waals surface area contributed by atoms with Crippen LogP contribution in [-0.4, -0.2) is 43.6 Å². The number of likely N-dealkylation sites (tertiary alicyclic amines) is 1. The topological polar surface area (TPSA) is 41.6 Å². The van der Waals surface area contributed by atoms with Crippen LogP contribution in [0.5, 0.6) is 5.75 Å². The predicted molar refractivity (Wildman–Crippen MR) is 83.3 cm³/mol. The van der Waals surface area contributed by atoms with Crippen molar-refractivity contribution in [1.82, 2.24) is 10.2 Å². The maximum atomic E-state index is 12.4. The van der Waals surface area contributed by atoms with E-state index in [-0.39, 0.29) is 11.9 Å². The molecule has 1 N–H and O–H groups in total. The van der Waals surface area contributed by atoms with Gasteiger partial charge in [-0.3, -0.25) is 4.79 Å². The van der Waals surface area contributed by atoms with Crippen molar-refractivity contribution in [3.05, 3.63) is 28.2 Å². The van der Waals surface area contributed by atoms with Crippen molar-refractivity contribution in [2.24, 2.45) is 0 Å². The van der Waals surface area contributed by atoms with Crippen molar-refractivity contribution in [3.8, 4) is 5.75 Å². The van der Waals surface area contributed by atoms with Crippen LogP contribution in [0.1, 0.15) is 30.1 Å². The summed E-state index contributed by atoms with van der Waals surface area (Å²) in [5.74, 6) is 0.646. The molecule has 110 valence electrons. The molecule has 1 fully saturated rings. The average molecular weight is 341 g/mol. The molecule has 4 nitrogen and oxygen atoms in total. The summed E-state index contributed by atoms with van der Waals surface area (Å²) >= 11 is 3.42. The Kier molecular flexibility index (Phi) is 5.05. The Labute approximate surface area is 128 Å². The van der Waals surface area contributed by atoms with Crippen molar-refractivity contribution in [2.45, 2.75) is 31.8 Å². The number of hydrogen-bond acceptors (Lipinski definition) is 3. The molecule has 1 aliphatic heterocycles. The monoisotopic (exact) mass is 340 g/mol. The summed E-state index contributed by atoms with van der Waals surface area (Å²) in [5.41, 5.74) is 0.621. The van der Waals surface area contributed by atoms with Crippen molar-refractivity contribution >= 4 is 21.8 Å². The zero-order valence-electron chi connectivity index (χ0n) is 12.1. The highest BCUT2D eigenvalue weighted by Gasteiger charge is 2.24. The molecule has 2 rings (SSSR count). The fourth-order valence-electron chi connectivity index (χ4n) is 2.49. The van der Waals surface area contributed by atoms with Crippen LogP contribution < -0.4 is 10.1 Å². The van der Waals surface area contributed by atoms with E-state index in [0.717, 1.165) is 23.9 Å². The molecule has 2 unspecified atom stereocenters. The van der Waals surface area contributed by atoms with Gasteiger partial charge in [0.15, 0.2) is 0 Å². The van der Waals surface area contributed by atoms with Crippen LogP contribution >= 0.6 is 15.9 Å². The lowest BCUT2D eigenvalue weighted by Gasteiger charge is -2.35. The molecule has 5 heteroatoms. The maximum absolute atomic E-state index is 12.4. The minimum Gasteiger partial charge on any atom is -0.497 e. The number of ether oxygens (including phenoxy) is 1. The Morgan fingerprint density at radius 2 is 2.25 bits per heavy atom. The quantitative estimate of drug-likeness (QED) is 0.919. The zero-order chi connectivity index (χ0) is 14.7. The summed E-state index contributed by atoms with van der Waals surface area (Å²) in [6.07, 6.45) is 1.98. The third-order valence-corrected chi connectivity index (χ3v) is 4.65. The van der Waals surface area contributed by atoms with Gasteiger partial charge in [-0.05, 0) is 60.9 Å². The summed E-state index contributed by atoms with van der Waals surface area (Å²) in [6, 6.07) is 6.18. The highest BCUT2D eigenvalue weighted by atomic mass is 79.9. The highest BCUT2D eigenvalue weighted by molar-refractivity contribution is 9.10. The number of amides is 1. The molecule has 0 spiro atoms. The first-order chi connectivity index (χ1) is 9.51. The molecule has 0 radical (unpaired) electrons. The van der Waals surface area contributed by atoms with Crippen LogP contribution in [0.15, 0.2) is 22.7 Å². The van der Waals surface area contributed by atoms with Gasteiger partial charge in [-0.25, -0.2) is 0 Å². The van der Waals surface area contributed by atoms with E-state index in [0.29, 0.717) is 17.4 Å². The van der Waals surface area contributed by atoms with Crippen LogP contribution in [0.2, 0.25) is 0 Å². The van der Waals surface area contributed by atoms with Crippen molar-refractivity contribution in [2.75, 3.05) is 20.7 Å². The van der Waals surface area contributed by atoms with Crippen LogP contribution in [0.3, 0.4) is 0 Å². The first-order valence-corrected chi connectivity index (χ1v) is 7.65. The minimum absolute atomic E-state index is 0.0440. The Morgan fingerprint density at radius 3 is 2.90 bits per heavy atom. The van der Waals surface area contributed by atoms with Crippen LogP contribution in [-0.2, 0) is 0 Å². The van der Waals surface area contributed by atoms with E-state index in [1.165, 1.54) is 0 Å². The summed E-state index contributed by atoms with van der Waals surface area (Å²) in [4.78, 5) is 14.7. The molecule has 2 atom stereocenters. The number of hydrogen-bond donors (Lipinski definition) is 1. The normalized spacial score (nSPS) is 23.4.